The summed E-state index contributed by atoms with van der Waals surface area (Å²) in [6.07, 6.45) is 0. The Labute approximate surface area is 184 Å². The van der Waals surface area contributed by atoms with Gasteiger partial charge in [-0.25, -0.2) is 13.1 Å². The average Bonchev–Trinajstić information content (AvgIpc) is 3.34. The van der Waals surface area contributed by atoms with Crippen LogP contribution in [0, 0.1) is 13.8 Å². The van der Waals surface area contributed by atoms with Crippen molar-refractivity contribution in [2.45, 2.75) is 18.7 Å². The van der Waals surface area contributed by atoms with Gasteiger partial charge in [0.1, 0.15) is 9.77 Å². The number of nitrogens with zero attached hydrogens (tertiary/aromatic N) is 4. The van der Waals surface area contributed by atoms with Crippen LogP contribution < -0.4 is 4.90 Å². The van der Waals surface area contributed by atoms with Crippen LogP contribution in [0.3, 0.4) is 0 Å². The molecule has 0 unspecified atom stereocenters. The topological polar surface area (TPSA) is 75.5 Å². The standard InChI is InChI=1S/C20H21ClN4O3S2/c1-14-12-15(2)25(22-14)20(26)19-18(6-11-29-19)30(27,28)24-9-7-23(8-10-24)17-5-3-4-16(21)13-17/h3-6,11-13H,7-10H2,1-2H3. The van der Waals surface area contributed by atoms with Crippen molar-refractivity contribution < 1.29 is 13.2 Å². The molecular weight excluding hydrogens is 444 g/mol. The van der Waals surface area contributed by atoms with E-state index in [-0.39, 0.29) is 9.77 Å². The number of aryl methyl sites for hydroxylation is 2. The molecular formula is C20H21ClN4O3S2. The summed E-state index contributed by atoms with van der Waals surface area (Å²) >= 11 is 7.19. The summed E-state index contributed by atoms with van der Waals surface area (Å²) in [5, 5.41) is 6.48. The summed E-state index contributed by atoms with van der Waals surface area (Å²) < 4.78 is 29.3. The van der Waals surface area contributed by atoms with Crippen LogP contribution in [-0.2, 0) is 10.0 Å². The van der Waals surface area contributed by atoms with Gasteiger partial charge in [-0.3, -0.25) is 4.79 Å². The minimum absolute atomic E-state index is 0.0428. The molecule has 1 aromatic carbocycles. The number of carbonyl (C=O) groups excluding carboxylic acids is 1. The Balaban J connectivity index is 1.55. The molecule has 2 aromatic heterocycles. The highest BCUT2D eigenvalue weighted by atomic mass is 35.5. The summed E-state index contributed by atoms with van der Waals surface area (Å²) in [5.74, 6) is -0.424. The van der Waals surface area contributed by atoms with E-state index in [9.17, 15) is 13.2 Å². The van der Waals surface area contributed by atoms with Crippen LogP contribution in [0.5, 0.6) is 0 Å². The molecule has 1 saturated heterocycles. The number of halogens is 1. The summed E-state index contributed by atoms with van der Waals surface area (Å²) in [6, 6.07) is 10.8. The molecule has 1 aliphatic heterocycles. The molecule has 0 aliphatic carbocycles. The number of carbonyl (C=O) groups is 1. The number of sulfonamides is 1. The van der Waals surface area contributed by atoms with Gasteiger partial charge in [-0.15, -0.1) is 11.3 Å². The minimum atomic E-state index is -3.79. The molecule has 7 nitrogen and oxygen atoms in total. The number of thiophene rings is 1. The number of piperazine rings is 1. The zero-order chi connectivity index (χ0) is 21.5. The smallest absolute Gasteiger partial charge is 0.289 e. The fraction of sp³-hybridized carbons (Fsp3) is 0.300. The number of anilines is 1. The predicted molar refractivity (Wildman–Crippen MR) is 118 cm³/mol. The maximum absolute atomic E-state index is 13.3. The highest BCUT2D eigenvalue weighted by Crippen LogP contribution is 2.28. The lowest BCUT2D eigenvalue weighted by molar-refractivity contribution is 0.0943. The Kier molecular flexibility index (Phi) is 5.71. The maximum Gasteiger partial charge on any atom is 0.289 e. The van der Waals surface area contributed by atoms with Crippen molar-refractivity contribution in [3.05, 3.63) is 63.1 Å². The fourth-order valence-corrected chi connectivity index (χ4v) is 6.51. The van der Waals surface area contributed by atoms with Gasteiger partial charge in [0.05, 0.1) is 5.69 Å². The monoisotopic (exact) mass is 464 g/mol. The van der Waals surface area contributed by atoms with Gasteiger partial charge >= 0.3 is 0 Å². The number of aromatic nitrogens is 2. The van der Waals surface area contributed by atoms with E-state index in [0.29, 0.717) is 42.6 Å². The Bertz CT molecular complexity index is 1190. The third-order valence-corrected chi connectivity index (χ3v) is 8.26. The number of hydrogen-bond acceptors (Lipinski definition) is 6. The van der Waals surface area contributed by atoms with Gasteiger partial charge in [0, 0.05) is 42.6 Å². The van der Waals surface area contributed by atoms with Crippen molar-refractivity contribution in [3.63, 3.8) is 0 Å². The van der Waals surface area contributed by atoms with E-state index >= 15 is 0 Å². The van der Waals surface area contributed by atoms with Gasteiger partial charge in [0.25, 0.3) is 5.91 Å². The second-order valence-electron chi connectivity index (χ2n) is 7.13. The molecule has 0 spiro atoms. The first-order valence-corrected chi connectivity index (χ1v) is 12.1. The van der Waals surface area contributed by atoms with Crippen LogP contribution in [0.2, 0.25) is 5.02 Å². The molecule has 0 amide bonds. The zero-order valence-corrected chi connectivity index (χ0v) is 19.0. The van der Waals surface area contributed by atoms with E-state index in [1.54, 1.807) is 25.3 Å². The second kappa shape index (κ2) is 8.14. The second-order valence-corrected chi connectivity index (χ2v) is 10.4. The van der Waals surface area contributed by atoms with E-state index in [2.05, 4.69) is 10.00 Å². The molecule has 3 heterocycles. The van der Waals surface area contributed by atoms with Gasteiger partial charge in [0.15, 0.2) is 0 Å². The number of hydrogen-bond donors (Lipinski definition) is 0. The van der Waals surface area contributed by atoms with Gasteiger partial charge < -0.3 is 4.90 Å². The molecule has 0 atom stereocenters. The van der Waals surface area contributed by atoms with E-state index in [0.717, 1.165) is 17.0 Å². The van der Waals surface area contributed by atoms with Crippen LogP contribution in [0.25, 0.3) is 0 Å². The van der Waals surface area contributed by atoms with Crippen LogP contribution in [0.1, 0.15) is 21.1 Å². The summed E-state index contributed by atoms with van der Waals surface area (Å²) in [5.41, 5.74) is 2.35. The molecule has 0 N–H and O–H groups in total. The quantitative estimate of drug-likeness (QED) is 0.591. The molecule has 0 bridgehead atoms. The average molecular weight is 465 g/mol. The first-order chi connectivity index (χ1) is 14.3. The van der Waals surface area contributed by atoms with Crippen molar-refractivity contribution in [2.24, 2.45) is 0 Å². The highest BCUT2D eigenvalue weighted by Gasteiger charge is 2.33. The van der Waals surface area contributed by atoms with E-state index in [1.807, 2.05) is 24.3 Å². The largest absolute Gasteiger partial charge is 0.369 e. The summed E-state index contributed by atoms with van der Waals surface area (Å²) in [6.45, 7) is 5.32. The Morgan fingerprint density at radius 2 is 1.83 bits per heavy atom. The molecule has 0 radical (unpaired) electrons. The number of benzene rings is 1. The Hall–Kier alpha value is -2.20. The normalized spacial score (nSPS) is 15.5. The van der Waals surface area contributed by atoms with Crippen molar-refractivity contribution in [1.82, 2.24) is 14.1 Å². The first kappa shape index (κ1) is 21.0. The molecule has 0 saturated carbocycles. The summed E-state index contributed by atoms with van der Waals surface area (Å²) in [7, 11) is -3.79. The van der Waals surface area contributed by atoms with Crippen molar-refractivity contribution in [2.75, 3.05) is 31.1 Å². The third-order valence-electron chi connectivity index (χ3n) is 5.06. The van der Waals surface area contributed by atoms with Crippen LogP contribution in [0.4, 0.5) is 5.69 Å². The molecule has 3 aromatic rings. The van der Waals surface area contributed by atoms with Gasteiger partial charge in [-0.05, 0) is 49.6 Å². The molecule has 4 rings (SSSR count). The molecule has 30 heavy (non-hydrogen) atoms. The lowest BCUT2D eigenvalue weighted by Crippen LogP contribution is -2.48. The van der Waals surface area contributed by atoms with Crippen LogP contribution in [0.15, 0.2) is 46.7 Å². The van der Waals surface area contributed by atoms with E-state index in [1.165, 1.54) is 15.1 Å². The molecule has 1 fully saturated rings. The highest BCUT2D eigenvalue weighted by molar-refractivity contribution is 7.89. The molecule has 1 aliphatic rings. The van der Waals surface area contributed by atoms with Gasteiger partial charge in [-0.1, -0.05) is 17.7 Å². The molecule has 10 heteroatoms. The van der Waals surface area contributed by atoms with Gasteiger partial charge in [-0.2, -0.15) is 9.40 Å². The van der Waals surface area contributed by atoms with Crippen LogP contribution >= 0.6 is 22.9 Å². The van der Waals surface area contributed by atoms with Crippen LogP contribution in [-0.4, -0.2) is 54.6 Å². The van der Waals surface area contributed by atoms with Crippen molar-refractivity contribution >= 4 is 44.6 Å². The van der Waals surface area contributed by atoms with Gasteiger partial charge in [0.2, 0.25) is 10.0 Å². The Morgan fingerprint density at radius 1 is 1.10 bits per heavy atom. The predicted octanol–water partition coefficient (Wildman–Crippen LogP) is 3.41. The lowest BCUT2D eigenvalue weighted by Gasteiger charge is -2.35. The minimum Gasteiger partial charge on any atom is -0.369 e. The third kappa shape index (κ3) is 3.90. The SMILES string of the molecule is Cc1cc(C)n(C(=O)c2sccc2S(=O)(=O)N2CCN(c3cccc(Cl)c3)CC2)n1. The lowest BCUT2D eigenvalue weighted by atomic mass is 10.2. The first-order valence-electron chi connectivity index (χ1n) is 9.43. The number of rotatable bonds is 4. The Morgan fingerprint density at radius 3 is 2.47 bits per heavy atom. The zero-order valence-electron chi connectivity index (χ0n) is 16.6. The molecule has 158 valence electrons. The maximum atomic E-state index is 13.3. The fourth-order valence-electron chi connectivity index (χ4n) is 3.59. The van der Waals surface area contributed by atoms with Crippen molar-refractivity contribution in [3.8, 4) is 0 Å². The summed E-state index contributed by atoms with van der Waals surface area (Å²) in [4.78, 5) is 15.3. The van der Waals surface area contributed by atoms with E-state index < -0.39 is 15.9 Å². The van der Waals surface area contributed by atoms with Crippen molar-refractivity contribution in [1.29, 1.82) is 0 Å². The van der Waals surface area contributed by atoms with E-state index in [4.69, 9.17) is 11.6 Å².